The number of benzene rings is 4. The quantitative estimate of drug-likeness (QED) is 0.0619. The van der Waals surface area contributed by atoms with Crippen molar-refractivity contribution >= 4 is 74.2 Å². The maximum absolute atomic E-state index is 12.8. The average Bonchev–Trinajstić information content (AvgIpc) is 2.95. The van der Waals surface area contributed by atoms with E-state index in [2.05, 4.69) is 19.7 Å². The van der Waals surface area contributed by atoms with Gasteiger partial charge in [-0.2, -0.15) is 5.11 Å². The van der Waals surface area contributed by atoms with E-state index in [1.165, 1.54) is 12.1 Å². The van der Waals surface area contributed by atoms with Crippen LogP contribution >= 0.6 is 0 Å². The fourth-order valence-electron chi connectivity index (χ4n) is 4.02. The van der Waals surface area contributed by atoms with Crippen molar-refractivity contribution in [3.05, 3.63) is 78.4 Å². The molecule has 24 heteroatoms. The number of azo groups is 1. The molecule has 4 aromatic rings. The molecule has 244 valence electrons. The molecule has 0 aliphatic rings. The third-order valence-corrected chi connectivity index (χ3v) is 9.93. The van der Waals surface area contributed by atoms with Crippen LogP contribution in [0.3, 0.4) is 0 Å². The van der Waals surface area contributed by atoms with Crippen LogP contribution in [-0.4, -0.2) is 70.7 Å². The SMILES string of the molecule is O=C(Nc1ccc(S(=O)(=O)[O-])c2cc(S(=O)(=O)[O-])c(N=Nc3ccc(S(=O)(=O)CCOS(=O)(=O)[O-])cc3)c(O)c12)c1ccccc1.[Na+].[Na+].[Na+]. The number of hydrogen-bond donors (Lipinski definition) is 2. The number of sulfone groups is 1. The first-order valence-corrected chi connectivity index (χ1v) is 18.0. The van der Waals surface area contributed by atoms with Crippen LogP contribution in [0.4, 0.5) is 17.1 Å². The summed E-state index contributed by atoms with van der Waals surface area (Å²) >= 11 is 0. The Balaban J connectivity index is 0.00000400. The molecule has 2 N–H and O–H groups in total. The topological polar surface area (TPSA) is 289 Å². The molecular formula is C25H18N3Na3O14S4. The predicted molar refractivity (Wildman–Crippen MR) is 154 cm³/mol. The second kappa shape index (κ2) is 17.9. The molecule has 0 unspecified atom stereocenters. The van der Waals surface area contributed by atoms with Gasteiger partial charge in [0.05, 0.1) is 43.8 Å². The van der Waals surface area contributed by atoms with Crippen LogP contribution in [0.2, 0.25) is 0 Å². The molecule has 17 nitrogen and oxygen atoms in total. The van der Waals surface area contributed by atoms with Gasteiger partial charge in [-0.1, -0.05) is 18.2 Å². The van der Waals surface area contributed by atoms with Crippen LogP contribution in [-0.2, 0) is 44.7 Å². The zero-order valence-corrected chi connectivity index (χ0v) is 34.9. The Morgan fingerprint density at radius 2 is 1.33 bits per heavy atom. The van der Waals surface area contributed by atoms with Crippen LogP contribution < -0.4 is 94.0 Å². The summed E-state index contributed by atoms with van der Waals surface area (Å²) in [7, 11) is -20.1. The van der Waals surface area contributed by atoms with Gasteiger partial charge in [0.25, 0.3) is 5.91 Å². The van der Waals surface area contributed by atoms with E-state index >= 15 is 0 Å². The molecule has 0 aromatic heterocycles. The monoisotopic (exact) mass is 781 g/mol. The van der Waals surface area contributed by atoms with Crippen molar-refractivity contribution in [2.24, 2.45) is 10.2 Å². The van der Waals surface area contributed by atoms with Gasteiger partial charge in [-0.15, -0.1) is 5.11 Å². The Kier molecular flexibility index (Phi) is 16.7. The van der Waals surface area contributed by atoms with Crippen molar-refractivity contribution in [3.8, 4) is 5.75 Å². The number of hydrogen-bond acceptors (Lipinski definition) is 16. The Morgan fingerprint density at radius 1 is 0.755 bits per heavy atom. The Bertz CT molecular complexity index is 2330. The summed E-state index contributed by atoms with van der Waals surface area (Å²) in [6.45, 7) is -0.952. The van der Waals surface area contributed by atoms with E-state index < -0.39 is 90.7 Å². The number of nitrogens with zero attached hydrogens (tertiary/aromatic N) is 2. The van der Waals surface area contributed by atoms with Crippen molar-refractivity contribution in [2.75, 3.05) is 17.7 Å². The molecule has 49 heavy (non-hydrogen) atoms. The molecule has 0 saturated carbocycles. The van der Waals surface area contributed by atoms with Gasteiger partial charge >= 0.3 is 88.7 Å². The maximum atomic E-state index is 12.8. The van der Waals surface area contributed by atoms with Crippen molar-refractivity contribution in [1.82, 2.24) is 0 Å². The van der Waals surface area contributed by atoms with Crippen LogP contribution in [0.1, 0.15) is 10.4 Å². The maximum Gasteiger partial charge on any atom is 1.00 e. The van der Waals surface area contributed by atoms with E-state index in [-0.39, 0.29) is 111 Å². The average molecular weight is 782 g/mol. The summed E-state index contributed by atoms with van der Waals surface area (Å²) in [5.41, 5.74) is -1.35. The molecule has 0 atom stereocenters. The van der Waals surface area contributed by atoms with Crippen LogP contribution in [0.25, 0.3) is 10.8 Å². The van der Waals surface area contributed by atoms with Gasteiger partial charge in [0.1, 0.15) is 25.9 Å². The number of carbonyl (C=O) groups excluding carboxylic acids is 1. The molecule has 0 bridgehead atoms. The van der Waals surface area contributed by atoms with Crippen molar-refractivity contribution in [1.29, 1.82) is 0 Å². The number of amides is 1. The van der Waals surface area contributed by atoms with Crippen molar-refractivity contribution < 1.29 is 150 Å². The summed E-state index contributed by atoms with van der Waals surface area (Å²) in [6.07, 6.45) is 0. The van der Waals surface area contributed by atoms with E-state index in [9.17, 15) is 57.2 Å². The minimum atomic E-state index is -5.54. The molecule has 0 heterocycles. The number of aromatic hydroxyl groups is 1. The smallest absolute Gasteiger partial charge is 0.744 e. The van der Waals surface area contributed by atoms with Gasteiger partial charge < -0.3 is 24.1 Å². The summed E-state index contributed by atoms with van der Waals surface area (Å²) in [6, 6.07) is 13.8. The number of fused-ring (bicyclic) bond motifs is 1. The van der Waals surface area contributed by atoms with Crippen molar-refractivity contribution in [2.45, 2.75) is 14.7 Å². The Labute approximate surface area is 346 Å². The number of carbonyl (C=O) groups is 1. The Hall–Kier alpha value is -1.35. The minimum Gasteiger partial charge on any atom is -0.744 e. The number of anilines is 1. The van der Waals surface area contributed by atoms with Crippen LogP contribution in [0, 0.1) is 0 Å². The number of phenols is 1. The van der Waals surface area contributed by atoms with Gasteiger partial charge in [0.2, 0.25) is 10.4 Å². The first-order chi connectivity index (χ1) is 21.3. The molecule has 0 spiro atoms. The fraction of sp³-hybridized carbons (Fsp3) is 0.0800. The van der Waals surface area contributed by atoms with Crippen LogP contribution in [0.5, 0.6) is 5.75 Å². The molecule has 0 aliphatic carbocycles. The molecule has 0 aliphatic heterocycles. The zero-order valence-electron chi connectivity index (χ0n) is 25.6. The molecule has 4 aromatic carbocycles. The van der Waals surface area contributed by atoms with Gasteiger partial charge in [0.15, 0.2) is 15.6 Å². The molecule has 0 radical (unpaired) electrons. The van der Waals surface area contributed by atoms with E-state index in [1.807, 2.05) is 0 Å². The Morgan fingerprint density at radius 3 is 1.86 bits per heavy atom. The third-order valence-electron chi connectivity index (χ3n) is 6.04. The normalized spacial score (nSPS) is 12.1. The first-order valence-electron chi connectivity index (χ1n) is 12.2. The second-order valence-electron chi connectivity index (χ2n) is 9.08. The predicted octanol–water partition coefficient (Wildman–Crippen LogP) is -6.72. The minimum absolute atomic E-state index is 0. The summed E-state index contributed by atoms with van der Waals surface area (Å²) in [5.74, 6) is -2.79. The molecule has 0 saturated heterocycles. The number of phenolic OH excluding ortho intramolecular Hbond substituents is 1. The molecule has 1 amide bonds. The van der Waals surface area contributed by atoms with E-state index in [1.54, 1.807) is 18.2 Å². The van der Waals surface area contributed by atoms with Crippen LogP contribution in [0.15, 0.2) is 97.7 Å². The molecule has 0 fully saturated rings. The number of nitrogens with one attached hydrogen (secondary N) is 1. The first kappa shape index (κ1) is 45.7. The van der Waals surface area contributed by atoms with E-state index in [4.69, 9.17) is 0 Å². The van der Waals surface area contributed by atoms with Crippen molar-refractivity contribution in [3.63, 3.8) is 0 Å². The summed E-state index contributed by atoms with van der Waals surface area (Å²) < 4.78 is 133. The largest absolute Gasteiger partial charge is 1.00 e. The van der Waals surface area contributed by atoms with Gasteiger partial charge in [0, 0.05) is 10.9 Å². The zero-order chi connectivity index (χ0) is 34.1. The van der Waals surface area contributed by atoms with E-state index in [0.717, 1.165) is 36.4 Å². The molecule has 4 rings (SSSR count). The summed E-state index contributed by atoms with van der Waals surface area (Å²) in [5, 5.41) is 19.6. The molecular weight excluding hydrogens is 764 g/mol. The van der Waals surface area contributed by atoms with Gasteiger partial charge in [-0.05, 0) is 54.6 Å². The van der Waals surface area contributed by atoms with E-state index in [0.29, 0.717) is 6.07 Å². The third kappa shape index (κ3) is 11.8. The van der Waals surface area contributed by atoms with Gasteiger partial charge in [-0.25, -0.2) is 33.7 Å². The second-order valence-corrected chi connectivity index (χ2v) is 14.9. The fourth-order valence-corrected chi connectivity index (χ4v) is 6.80. The van der Waals surface area contributed by atoms with Gasteiger partial charge in [-0.3, -0.25) is 8.98 Å². The standard InChI is InChI=1S/C25H21N3O14S4.3Na/c29-24-22-18(20(44(33,34)35)11-10-19(22)26-25(30)15-4-2-1-3-5-15)14-21(45(36,37)38)23(24)28-27-16-6-8-17(9-7-16)43(31,32)13-12-42-46(39,40)41;;;/h1-11,14,29H,12-13H2,(H,26,30)(H,33,34,35)(H,36,37,38)(H,39,40,41);;;/q;3*+1/p-3. The number of rotatable bonds is 11. The summed E-state index contributed by atoms with van der Waals surface area (Å²) in [4.78, 5) is 10.1.